The van der Waals surface area contributed by atoms with Crippen LogP contribution >= 0.6 is 11.6 Å². The number of nitrogens with one attached hydrogen (secondary N) is 1. The predicted molar refractivity (Wildman–Crippen MR) is 84.1 cm³/mol. The van der Waals surface area contributed by atoms with E-state index in [1.165, 1.54) is 12.1 Å². The van der Waals surface area contributed by atoms with Gasteiger partial charge in [0.05, 0.1) is 5.52 Å². The number of halogens is 2. The molecule has 21 heavy (non-hydrogen) atoms. The molecule has 0 aliphatic rings. The monoisotopic (exact) mass is 301 g/mol. The molecular weight excluding hydrogens is 289 g/mol. The Labute approximate surface area is 126 Å². The minimum Gasteiger partial charge on any atom is -0.370 e. The maximum atomic E-state index is 13.4. The molecule has 5 heteroatoms. The van der Waals surface area contributed by atoms with Gasteiger partial charge in [0.1, 0.15) is 11.6 Å². The summed E-state index contributed by atoms with van der Waals surface area (Å²) in [7, 11) is 0. The van der Waals surface area contributed by atoms with E-state index in [0.717, 1.165) is 5.56 Å². The van der Waals surface area contributed by atoms with Crippen molar-refractivity contribution >= 4 is 28.3 Å². The third kappa shape index (κ3) is 2.81. The number of anilines is 1. The molecule has 3 aromatic rings. The normalized spacial score (nSPS) is 10.8. The third-order valence-corrected chi connectivity index (χ3v) is 3.32. The number of hydrogen-bond acceptors (Lipinski definition) is 3. The van der Waals surface area contributed by atoms with Crippen LogP contribution in [-0.2, 0) is 0 Å². The highest BCUT2D eigenvalue weighted by Crippen LogP contribution is 2.26. The minimum atomic E-state index is -0.305. The Balaban J connectivity index is 2.23. The average Bonchev–Trinajstić information content (AvgIpc) is 2.48. The summed E-state index contributed by atoms with van der Waals surface area (Å²) in [5, 5.41) is 4.45. The van der Waals surface area contributed by atoms with Crippen molar-refractivity contribution in [2.24, 2.45) is 0 Å². The average molecular weight is 302 g/mol. The van der Waals surface area contributed by atoms with Gasteiger partial charge in [0.15, 0.2) is 5.82 Å². The number of nitrogens with zero attached hydrogens (tertiary/aromatic N) is 2. The SMILES string of the molecule is CCNc1nc(-c2cccc(Cl)c2)nc2ccc(F)cc12. The molecule has 0 spiro atoms. The Kier molecular flexibility index (Phi) is 3.71. The second-order valence-corrected chi connectivity index (χ2v) is 5.03. The highest BCUT2D eigenvalue weighted by Gasteiger charge is 2.10. The first kappa shape index (κ1) is 13.8. The second kappa shape index (κ2) is 5.66. The molecule has 0 fully saturated rings. The zero-order chi connectivity index (χ0) is 14.8. The van der Waals surface area contributed by atoms with Gasteiger partial charge in [-0.15, -0.1) is 0 Å². The van der Waals surface area contributed by atoms with Crippen LogP contribution in [0.3, 0.4) is 0 Å². The molecule has 3 nitrogen and oxygen atoms in total. The molecule has 1 heterocycles. The van der Waals surface area contributed by atoms with Gasteiger partial charge in [-0.3, -0.25) is 0 Å². The molecule has 0 amide bonds. The summed E-state index contributed by atoms with van der Waals surface area (Å²) in [6.45, 7) is 2.66. The minimum absolute atomic E-state index is 0.305. The predicted octanol–water partition coefficient (Wildman–Crippen LogP) is 4.52. The van der Waals surface area contributed by atoms with Crippen LogP contribution < -0.4 is 5.32 Å². The third-order valence-electron chi connectivity index (χ3n) is 3.08. The van der Waals surface area contributed by atoms with Crippen molar-refractivity contribution in [2.45, 2.75) is 6.92 Å². The van der Waals surface area contributed by atoms with E-state index in [4.69, 9.17) is 11.6 Å². The van der Waals surface area contributed by atoms with Crippen molar-refractivity contribution in [1.82, 2.24) is 9.97 Å². The topological polar surface area (TPSA) is 37.8 Å². The molecule has 0 saturated heterocycles. The molecule has 106 valence electrons. The molecule has 0 saturated carbocycles. The largest absolute Gasteiger partial charge is 0.370 e. The zero-order valence-electron chi connectivity index (χ0n) is 11.4. The standard InChI is InChI=1S/C16H13ClFN3/c1-2-19-16-13-9-12(18)6-7-14(13)20-15(21-16)10-4-3-5-11(17)8-10/h3-9H,2H2,1H3,(H,19,20,21). The van der Waals surface area contributed by atoms with Crippen molar-refractivity contribution in [3.63, 3.8) is 0 Å². The molecule has 0 atom stereocenters. The highest BCUT2D eigenvalue weighted by molar-refractivity contribution is 6.30. The molecule has 0 aliphatic heterocycles. The Morgan fingerprint density at radius 2 is 2.00 bits per heavy atom. The van der Waals surface area contributed by atoms with Gasteiger partial charge in [-0.2, -0.15) is 0 Å². The van der Waals surface area contributed by atoms with Gasteiger partial charge >= 0.3 is 0 Å². The lowest BCUT2D eigenvalue weighted by atomic mass is 10.2. The summed E-state index contributed by atoms with van der Waals surface area (Å²) < 4.78 is 13.4. The molecule has 3 rings (SSSR count). The van der Waals surface area contributed by atoms with E-state index >= 15 is 0 Å². The fraction of sp³-hybridized carbons (Fsp3) is 0.125. The summed E-state index contributed by atoms with van der Waals surface area (Å²) in [5.41, 5.74) is 1.52. The summed E-state index contributed by atoms with van der Waals surface area (Å²) in [4.78, 5) is 8.99. The first-order valence-electron chi connectivity index (χ1n) is 6.64. The van der Waals surface area contributed by atoms with E-state index in [9.17, 15) is 4.39 Å². The lowest BCUT2D eigenvalue weighted by Crippen LogP contribution is -2.03. The van der Waals surface area contributed by atoms with Crippen molar-refractivity contribution < 1.29 is 4.39 Å². The van der Waals surface area contributed by atoms with Crippen LogP contribution in [-0.4, -0.2) is 16.5 Å². The number of benzene rings is 2. The Morgan fingerprint density at radius 3 is 2.76 bits per heavy atom. The summed E-state index contributed by atoms with van der Waals surface area (Å²) in [6.07, 6.45) is 0. The first-order valence-corrected chi connectivity index (χ1v) is 7.02. The van der Waals surface area contributed by atoms with Crippen molar-refractivity contribution in [3.8, 4) is 11.4 Å². The fourth-order valence-corrected chi connectivity index (χ4v) is 2.35. The van der Waals surface area contributed by atoms with E-state index in [-0.39, 0.29) is 5.82 Å². The maximum absolute atomic E-state index is 13.4. The molecule has 0 radical (unpaired) electrons. The Hall–Kier alpha value is -2.20. The van der Waals surface area contributed by atoms with E-state index in [2.05, 4.69) is 15.3 Å². The van der Waals surface area contributed by atoms with Gasteiger partial charge in [-0.1, -0.05) is 23.7 Å². The molecule has 1 aromatic heterocycles. The van der Waals surface area contributed by atoms with Gasteiger partial charge < -0.3 is 5.32 Å². The molecular formula is C16H13ClFN3. The van der Waals surface area contributed by atoms with Crippen molar-refractivity contribution in [3.05, 3.63) is 53.3 Å². The molecule has 0 aliphatic carbocycles. The smallest absolute Gasteiger partial charge is 0.162 e. The van der Waals surface area contributed by atoms with Gasteiger partial charge in [0.25, 0.3) is 0 Å². The molecule has 1 N–H and O–H groups in total. The van der Waals surface area contributed by atoms with Crippen LogP contribution in [0.2, 0.25) is 5.02 Å². The van der Waals surface area contributed by atoms with E-state index in [1.54, 1.807) is 12.1 Å². The molecule has 0 unspecified atom stereocenters. The Bertz CT molecular complexity index is 805. The van der Waals surface area contributed by atoms with Gasteiger partial charge in [-0.05, 0) is 37.3 Å². The van der Waals surface area contributed by atoms with Crippen molar-refractivity contribution in [2.75, 3.05) is 11.9 Å². The zero-order valence-corrected chi connectivity index (χ0v) is 12.2. The van der Waals surface area contributed by atoms with E-state index in [0.29, 0.717) is 34.1 Å². The van der Waals surface area contributed by atoms with Gasteiger partial charge in [-0.25, -0.2) is 14.4 Å². The fourth-order valence-electron chi connectivity index (χ4n) is 2.16. The first-order chi connectivity index (χ1) is 10.2. The van der Waals surface area contributed by atoms with Crippen molar-refractivity contribution in [1.29, 1.82) is 0 Å². The van der Waals surface area contributed by atoms with E-state index in [1.807, 2.05) is 25.1 Å². The van der Waals surface area contributed by atoms with Crippen LogP contribution in [0.1, 0.15) is 6.92 Å². The molecule has 2 aromatic carbocycles. The number of rotatable bonds is 3. The lowest BCUT2D eigenvalue weighted by Gasteiger charge is -2.10. The molecule has 0 bridgehead atoms. The number of hydrogen-bond donors (Lipinski definition) is 1. The van der Waals surface area contributed by atoms with Crippen LogP contribution in [0.5, 0.6) is 0 Å². The van der Waals surface area contributed by atoms with E-state index < -0.39 is 0 Å². The summed E-state index contributed by atoms with van der Waals surface area (Å²) in [6, 6.07) is 11.8. The van der Waals surface area contributed by atoms with Crippen LogP contribution in [0.25, 0.3) is 22.3 Å². The summed E-state index contributed by atoms with van der Waals surface area (Å²) >= 11 is 6.01. The van der Waals surface area contributed by atoms with Gasteiger partial charge in [0, 0.05) is 22.5 Å². The maximum Gasteiger partial charge on any atom is 0.162 e. The Morgan fingerprint density at radius 1 is 1.14 bits per heavy atom. The quantitative estimate of drug-likeness (QED) is 0.773. The van der Waals surface area contributed by atoms with Crippen LogP contribution in [0.4, 0.5) is 10.2 Å². The summed E-state index contributed by atoms with van der Waals surface area (Å²) in [5.74, 6) is 0.880. The lowest BCUT2D eigenvalue weighted by molar-refractivity contribution is 0.629. The van der Waals surface area contributed by atoms with Crippen LogP contribution in [0.15, 0.2) is 42.5 Å². The van der Waals surface area contributed by atoms with Gasteiger partial charge in [0.2, 0.25) is 0 Å². The highest BCUT2D eigenvalue weighted by atomic mass is 35.5. The number of fused-ring (bicyclic) bond motifs is 1. The van der Waals surface area contributed by atoms with Crippen LogP contribution in [0, 0.1) is 5.82 Å². The number of aromatic nitrogens is 2. The second-order valence-electron chi connectivity index (χ2n) is 4.60.